The van der Waals surface area contributed by atoms with Crippen LogP contribution in [0.5, 0.6) is 23.0 Å². The predicted octanol–water partition coefficient (Wildman–Crippen LogP) is 6.72. The maximum Gasteiger partial charge on any atom is 0.513 e. The maximum absolute atomic E-state index is 13.1. The van der Waals surface area contributed by atoms with Crippen molar-refractivity contribution in [3.05, 3.63) is 145 Å². The smallest absolute Gasteiger partial charge is 0.463 e. The molecule has 2 aliphatic heterocycles. The first-order valence-electron chi connectivity index (χ1n) is 21.7. The van der Waals surface area contributed by atoms with Crippen LogP contribution in [0.4, 0.5) is 9.59 Å². The zero-order chi connectivity index (χ0) is 49.8. The third-order valence-electron chi connectivity index (χ3n) is 10.0. The second-order valence-electron chi connectivity index (χ2n) is 14.9. The van der Waals surface area contributed by atoms with E-state index in [-0.39, 0.29) is 84.9 Å². The average molecular weight is 967 g/mol. The van der Waals surface area contributed by atoms with Crippen LogP contribution in [0.3, 0.4) is 0 Å². The lowest BCUT2D eigenvalue weighted by molar-refractivity contribution is -0.138. The minimum absolute atomic E-state index is 0.0198. The molecule has 2 fully saturated rings. The van der Waals surface area contributed by atoms with Crippen LogP contribution in [0.15, 0.2) is 122 Å². The van der Waals surface area contributed by atoms with E-state index in [9.17, 15) is 38.4 Å². The Morgan fingerprint density at radius 2 is 0.700 bits per heavy atom. The van der Waals surface area contributed by atoms with Crippen molar-refractivity contribution in [2.45, 2.75) is 50.1 Å². The molecule has 4 aromatic carbocycles. The molecule has 2 aliphatic rings. The van der Waals surface area contributed by atoms with Gasteiger partial charge in [-0.2, -0.15) is 0 Å². The number of unbranched alkanes of at least 4 members (excludes halogenated alkanes) is 2. The monoisotopic (exact) mass is 966 g/mol. The molecule has 3 unspecified atom stereocenters. The summed E-state index contributed by atoms with van der Waals surface area (Å²) in [6.07, 6.45) is -0.999. The molecule has 70 heavy (non-hydrogen) atoms. The molecule has 20 heteroatoms. The molecule has 20 nitrogen and oxygen atoms in total. The van der Waals surface area contributed by atoms with Crippen LogP contribution >= 0.6 is 0 Å². The molecule has 0 N–H and O–H groups in total. The summed E-state index contributed by atoms with van der Waals surface area (Å²) in [5.74, 6) is -3.35. The summed E-state index contributed by atoms with van der Waals surface area (Å²) in [7, 11) is 0. The maximum atomic E-state index is 13.1. The molecule has 0 aromatic heterocycles. The van der Waals surface area contributed by atoms with Gasteiger partial charge in [0, 0.05) is 12.2 Å². The lowest BCUT2D eigenvalue weighted by Crippen LogP contribution is -2.36. The SMILES string of the molecule is C=CC(=O)OCCCCOC(=O)Oc1ccc(C(=O)Oc2ccc(C(=O)OC3COC4C3OC[C@@H]4OC(=O)c3ccc(OC(=O)c4ccc(OC(=O)OCCCCOC(=O)C=C)cc4)cc3)cc2)cc1. The molecule has 4 atom stereocenters. The van der Waals surface area contributed by atoms with E-state index in [0.29, 0.717) is 25.7 Å². The van der Waals surface area contributed by atoms with E-state index in [1.807, 2.05) is 0 Å². The van der Waals surface area contributed by atoms with Crippen LogP contribution in [0.25, 0.3) is 0 Å². The Kier molecular flexibility index (Phi) is 18.7. The van der Waals surface area contributed by atoms with Crippen LogP contribution in [0, 0.1) is 0 Å². The van der Waals surface area contributed by atoms with Crippen molar-refractivity contribution in [2.24, 2.45) is 0 Å². The van der Waals surface area contributed by atoms with Crippen LogP contribution in [0.1, 0.15) is 67.1 Å². The predicted molar refractivity (Wildman–Crippen MR) is 238 cm³/mol. The average Bonchev–Trinajstić information content (AvgIpc) is 3.96. The van der Waals surface area contributed by atoms with E-state index in [0.717, 1.165) is 12.2 Å². The Bertz CT molecular complexity index is 2320. The molecule has 0 bridgehead atoms. The molecular formula is C50H46O20. The normalized spacial score (nSPS) is 16.5. The number of hydrogen-bond acceptors (Lipinski definition) is 20. The van der Waals surface area contributed by atoms with Gasteiger partial charge < -0.3 is 56.8 Å². The Labute approximate surface area is 399 Å². The molecule has 4 aromatic rings. The fraction of sp³-hybridized carbons (Fsp3) is 0.280. The number of carbonyl (C=O) groups is 8. The Morgan fingerprint density at radius 1 is 0.414 bits per heavy atom. The first-order chi connectivity index (χ1) is 33.9. The van der Waals surface area contributed by atoms with E-state index < -0.39 is 72.5 Å². The first-order valence-corrected chi connectivity index (χ1v) is 21.7. The Hall–Kier alpha value is -8.36. The lowest BCUT2D eigenvalue weighted by atomic mass is 10.1. The van der Waals surface area contributed by atoms with E-state index >= 15 is 0 Å². The Morgan fingerprint density at radius 3 is 1.01 bits per heavy atom. The molecule has 0 saturated carbocycles. The molecule has 2 saturated heterocycles. The number of rotatable bonds is 22. The fourth-order valence-electron chi connectivity index (χ4n) is 6.44. The summed E-state index contributed by atoms with van der Waals surface area (Å²) in [6, 6.07) is 22.4. The molecule has 0 amide bonds. The number of esters is 6. The van der Waals surface area contributed by atoms with Crippen molar-refractivity contribution in [3.8, 4) is 23.0 Å². The van der Waals surface area contributed by atoms with Gasteiger partial charge >= 0.3 is 48.1 Å². The first kappa shape index (κ1) is 51.0. The lowest BCUT2D eigenvalue weighted by Gasteiger charge is -2.17. The van der Waals surface area contributed by atoms with Crippen molar-refractivity contribution >= 4 is 48.1 Å². The van der Waals surface area contributed by atoms with E-state index in [1.165, 1.54) is 97.1 Å². The molecule has 2 heterocycles. The number of fused-ring (bicyclic) bond motifs is 1. The van der Waals surface area contributed by atoms with E-state index in [2.05, 4.69) is 13.2 Å². The summed E-state index contributed by atoms with van der Waals surface area (Å²) in [6.45, 7) is 6.98. The van der Waals surface area contributed by atoms with Crippen LogP contribution in [-0.2, 0) is 47.5 Å². The quantitative estimate of drug-likeness (QED) is 0.0198. The molecule has 6 rings (SSSR count). The standard InChI is InChI=1S/C50H46O20/c1-3-41(51)59-25-5-7-27-61-49(57)67-37-21-13-31(14-22-37)45(53)65-35-17-9-33(10-18-35)47(55)69-39-29-63-44-40(30-64-43(39)44)70-48(56)34-11-19-36(20-12-34)66-46(54)32-15-23-38(24-16-32)68-50(58)62-28-8-6-26-60-42(52)4-2/h3-4,9-24,39-40,43-44H,1-2,5-8,25-30H2/t39-,40?,43?,44?/m0/s1. The zero-order valence-electron chi connectivity index (χ0n) is 37.4. The fourth-order valence-corrected chi connectivity index (χ4v) is 6.44. The van der Waals surface area contributed by atoms with Gasteiger partial charge in [0.1, 0.15) is 35.2 Å². The van der Waals surface area contributed by atoms with Gasteiger partial charge in [0.2, 0.25) is 0 Å². The summed E-state index contributed by atoms with van der Waals surface area (Å²) in [5.41, 5.74) is 0.613. The Balaban J connectivity index is 0.876. The topological polar surface area (TPSA) is 247 Å². The highest BCUT2D eigenvalue weighted by atomic mass is 16.7. The third kappa shape index (κ3) is 15.3. The highest BCUT2D eigenvalue weighted by Crippen LogP contribution is 2.32. The van der Waals surface area contributed by atoms with Crippen molar-refractivity contribution in [1.82, 2.24) is 0 Å². The minimum atomic E-state index is -0.945. The van der Waals surface area contributed by atoms with E-state index in [1.54, 1.807) is 0 Å². The van der Waals surface area contributed by atoms with Gasteiger partial charge in [0.15, 0.2) is 12.2 Å². The number of benzene rings is 4. The number of ether oxygens (including phenoxy) is 12. The van der Waals surface area contributed by atoms with Crippen LogP contribution < -0.4 is 18.9 Å². The minimum Gasteiger partial charge on any atom is -0.463 e. The molecular weight excluding hydrogens is 921 g/mol. The summed E-state index contributed by atoms with van der Waals surface area (Å²) < 4.78 is 63.7. The van der Waals surface area contributed by atoms with Crippen molar-refractivity contribution in [3.63, 3.8) is 0 Å². The number of carbonyl (C=O) groups excluding carboxylic acids is 8. The molecule has 0 spiro atoms. The van der Waals surface area contributed by atoms with E-state index in [4.69, 9.17) is 56.8 Å². The van der Waals surface area contributed by atoms with Gasteiger partial charge in [-0.25, -0.2) is 38.4 Å². The van der Waals surface area contributed by atoms with Gasteiger partial charge in [0.25, 0.3) is 0 Å². The molecule has 366 valence electrons. The van der Waals surface area contributed by atoms with Crippen molar-refractivity contribution in [2.75, 3.05) is 39.6 Å². The highest BCUT2D eigenvalue weighted by molar-refractivity contribution is 5.93. The van der Waals surface area contributed by atoms with Crippen molar-refractivity contribution < 1.29 is 95.2 Å². The third-order valence-corrected chi connectivity index (χ3v) is 10.0. The van der Waals surface area contributed by atoms with Gasteiger partial charge in [-0.05, 0) is 123 Å². The summed E-state index contributed by atoms with van der Waals surface area (Å²) >= 11 is 0. The van der Waals surface area contributed by atoms with Gasteiger partial charge in [-0.15, -0.1) is 0 Å². The highest BCUT2D eigenvalue weighted by Gasteiger charge is 2.51. The number of hydrogen-bond donors (Lipinski definition) is 0. The van der Waals surface area contributed by atoms with Crippen LogP contribution in [0.2, 0.25) is 0 Å². The van der Waals surface area contributed by atoms with Crippen LogP contribution in [-0.4, -0.2) is 112 Å². The van der Waals surface area contributed by atoms with Gasteiger partial charge in [-0.3, -0.25) is 0 Å². The summed E-state index contributed by atoms with van der Waals surface area (Å²) in [4.78, 5) is 97.6. The van der Waals surface area contributed by atoms with Gasteiger partial charge in [0.05, 0.1) is 61.9 Å². The van der Waals surface area contributed by atoms with Gasteiger partial charge in [-0.1, -0.05) is 13.2 Å². The second-order valence-corrected chi connectivity index (χ2v) is 14.9. The second kappa shape index (κ2) is 25.7. The largest absolute Gasteiger partial charge is 0.513 e. The zero-order valence-corrected chi connectivity index (χ0v) is 37.4. The molecule has 0 aliphatic carbocycles. The summed E-state index contributed by atoms with van der Waals surface area (Å²) in [5, 5.41) is 0. The molecule has 0 radical (unpaired) electrons. The van der Waals surface area contributed by atoms with Crippen molar-refractivity contribution in [1.29, 1.82) is 0 Å².